The van der Waals surface area contributed by atoms with Crippen LogP contribution in [0.25, 0.3) is 0 Å². The van der Waals surface area contributed by atoms with Crippen molar-refractivity contribution in [2.24, 2.45) is 0 Å². The predicted octanol–water partition coefficient (Wildman–Crippen LogP) is 3.40. The maximum atomic E-state index is 11.7. The molecule has 3 aromatic carbocycles. The van der Waals surface area contributed by atoms with E-state index in [4.69, 9.17) is 4.18 Å². The monoisotopic (exact) mass is 454 g/mol. The first kappa shape index (κ1) is 23.8. The van der Waals surface area contributed by atoms with Gasteiger partial charge in [-0.05, 0) is 43.1 Å². The lowest BCUT2D eigenvalue weighted by Gasteiger charge is -2.16. The average Bonchev–Trinajstić information content (AvgIpc) is 2.77. The molecular formula is C25H30N2O4S. The summed E-state index contributed by atoms with van der Waals surface area (Å²) in [5.74, 6) is 0.191. The summed E-state index contributed by atoms with van der Waals surface area (Å²) in [5.41, 5.74) is 3.57. The number of benzene rings is 3. The summed E-state index contributed by atoms with van der Waals surface area (Å²) in [6, 6.07) is 23.5. The minimum atomic E-state index is -3.71. The fraction of sp³-hybridized carbons (Fsp3) is 0.280. The Balaban J connectivity index is 1.63. The van der Waals surface area contributed by atoms with E-state index in [0.29, 0.717) is 30.8 Å². The molecule has 0 spiro atoms. The highest BCUT2D eigenvalue weighted by molar-refractivity contribution is 7.86. The summed E-state index contributed by atoms with van der Waals surface area (Å²) in [5, 5.41) is 17.5. The molecule has 0 radical (unpaired) electrons. The molecule has 3 N–H and O–H groups in total. The van der Waals surface area contributed by atoms with Crippen molar-refractivity contribution in [2.75, 3.05) is 19.3 Å². The largest absolute Gasteiger partial charge is 0.507 e. The maximum Gasteiger partial charge on any atom is 0.306 e. The zero-order chi connectivity index (χ0) is 22.8. The topological polar surface area (TPSA) is 87.7 Å². The van der Waals surface area contributed by atoms with Gasteiger partial charge in [0.1, 0.15) is 5.75 Å². The van der Waals surface area contributed by atoms with Crippen molar-refractivity contribution in [1.29, 1.82) is 0 Å². The number of nitrogens with one attached hydrogen (secondary N) is 2. The van der Waals surface area contributed by atoms with E-state index in [1.165, 1.54) is 11.1 Å². The van der Waals surface area contributed by atoms with E-state index < -0.39 is 10.1 Å². The van der Waals surface area contributed by atoms with Gasteiger partial charge in [0.25, 0.3) is 0 Å². The van der Waals surface area contributed by atoms with Gasteiger partial charge in [0, 0.05) is 18.7 Å². The van der Waals surface area contributed by atoms with Crippen LogP contribution in [0.15, 0.2) is 72.8 Å². The van der Waals surface area contributed by atoms with Crippen molar-refractivity contribution in [3.63, 3.8) is 0 Å². The zero-order valence-corrected chi connectivity index (χ0v) is 19.1. The molecule has 7 heteroatoms. The van der Waals surface area contributed by atoms with Crippen LogP contribution in [0.2, 0.25) is 0 Å². The van der Waals surface area contributed by atoms with Gasteiger partial charge < -0.3 is 19.9 Å². The lowest BCUT2D eigenvalue weighted by molar-refractivity contribution is 0.442. The lowest BCUT2D eigenvalue weighted by atomic mass is 10.1. The molecule has 0 aliphatic carbocycles. The molecule has 3 aromatic rings. The molecule has 3 rings (SSSR count). The van der Waals surface area contributed by atoms with Gasteiger partial charge >= 0.3 is 10.1 Å². The van der Waals surface area contributed by atoms with E-state index in [1.807, 2.05) is 36.4 Å². The first-order chi connectivity index (χ1) is 15.4. The van der Waals surface area contributed by atoms with Crippen LogP contribution in [0, 0.1) is 0 Å². The Kier molecular flexibility index (Phi) is 8.67. The summed E-state index contributed by atoms with van der Waals surface area (Å²) in [7, 11) is -3.71. The van der Waals surface area contributed by atoms with Crippen LogP contribution in [0.3, 0.4) is 0 Å². The Morgan fingerprint density at radius 3 is 1.84 bits per heavy atom. The van der Waals surface area contributed by atoms with Gasteiger partial charge in [-0.25, -0.2) is 0 Å². The number of hydrogen-bond acceptors (Lipinski definition) is 6. The summed E-state index contributed by atoms with van der Waals surface area (Å²) in [4.78, 5) is 0. The van der Waals surface area contributed by atoms with Gasteiger partial charge in [-0.15, -0.1) is 0 Å². The highest BCUT2D eigenvalue weighted by atomic mass is 32.2. The van der Waals surface area contributed by atoms with Crippen molar-refractivity contribution >= 4 is 10.1 Å². The van der Waals surface area contributed by atoms with Crippen LogP contribution in [-0.2, 0) is 36.0 Å². The van der Waals surface area contributed by atoms with Gasteiger partial charge in [-0.2, -0.15) is 8.42 Å². The third-order valence-corrected chi connectivity index (χ3v) is 5.53. The Morgan fingerprint density at radius 2 is 1.31 bits per heavy atom. The molecule has 0 amide bonds. The van der Waals surface area contributed by atoms with Crippen LogP contribution in [0.5, 0.6) is 11.5 Å². The SMILES string of the molecule is CS(=O)(=O)Oc1ccc(CNCCc2ccccc2)c(O)c1CNCCc1ccccc1. The van der Waals surface area contributed by atoms with Crippen molar-refractivity contribution in [2.45, 2.75) is 25.9 Å². The van der Waals surface area contributed by atoms with Crippen molar-refractivity contribution in [3.05, 3.63) is 95.1 Å². The smallest absolute Gasteiger partial charge is 0.306 e. The number of aromatic hydroxyl groups is 1. The summed E-state index contributed by atoms with van der Waals surface area (Å²) in [6.07, 6.45) is 2.70. The lowest BCUT2D eigenvalue weighted by Crippen LogP contribution is -2.20. The Morgan fingerprint density at radius 1 is 0.781 bits per heavy atom. The minimum absolute atomic E-state index is 0.0468. The van der Waals surface area contributed by atoms with Gasteiger partial charge in [-0.1, -0.05) is 66.7 Å². The molecule has 0 aliphatic heterocycles. The second-order valence-electron chi connectivity index (χ2n) is 7.66. The normalized spacial score (nSPS) is 11.4. The van der Waals surface area contributed by atoms with E-state index in [2.05, 4.69) is 34.9 Å². The van der Waals surface area contributed by atoms with Crippen LogP contribution >= 0.6 is 0 Å². The van der Waals surface area contributed by atoms with Crippen LogP contribution in [-0.4, -0.2) is 32.9 Å². The maximum absolute atomic E-state index is 11.7. The molecule has 0 unspecified atom stereocenters. The molecular weight excluding hydrogens is 424 g/mol. The fourth-order valence-corrected chi connectivity index (χ4v) is 3.89. The van der Waals surface area contributed by atoms with Crippen molar-refractivity contribution in [3.8, 4) is 11.5 Å². The minimum Gasteiger partial charge on any atom is -0.507 e. The zero-order valence-electron chi connectivity index (χ0n) is 18.3. The van der Waals surface area contributed by atoms with Gasteiger partial charge in [-0.3, -0.25) is 0 Å². The second-order valence-corrected chi connectivity index (χ2v) is 9.24. The summed E-state index contributed by atoms with van der Waals surface area (Å²) >= 11 is 0. The van der Waals surface area contributed by atoms with Gasteiger partial charge in [0.05, 0.1) is 11.8 Å². The highest BCUT2D eigenvalue weighted by Crippen LogP contribution is 2.32. The Bertz CT molecular complexity index is 1090. The van der Waals surface area contributed by atoms with Crippen LogP contribution < -0.4 is 14.8 Å². The molecule has 0 heterocycles. The highest BCUT2D eigenvalue weighted by Gasteiger charge is 2.17. The molecule has 0 bridgehead atoms. The van der Waals surface area contributed by atoms with Gasteiger partial charge in [0.15, 0.2) is 5.75 Å². The molecule has 0 atom stereocenters. The van der Waals surface area contributed by atoms with E-state index >= 15 is 0 Å². The average molecular weight is 455 g/mol. The molecule has 0 fully saturated rings. The van der Waals surface area contributed by atoms with Crippen LogP contribution in [0.1, 0.15) is 22.3 Å². The summed E-state index contributed by atoms with van der Waals surface area (Å²) in [6.45, 7) is 2.20. The molecule has 0 aromatic heterocycles. The molecule has 6 nitrogen and oxygen atoms in total. The summed E-state index contributed by atoms with van der Waals surface area (Å²) < 4.78 is 28.5. The van der Waals surface area contributed by atoms with E-state index in [0.717, 1.165) is 25.6 Å². The number of hydrogen-bond donors (Lipinski definition) is 3. The third-order valence-electron chi connectivity index (χ3n) is 5.05. The van der Waals surface area contributed by atoms with Crippen molar-refractivity contribution in [1.82, 2.24) is 10.6 Å². The van der Waals surface area contributed by atoms with Crippen molar-refractivity contribution < 1.29 is 17.7 Å². The molecule has 170 valence electrons. The molecule has 0 saturated heterocycles. The molecule has 32 heavy (non-hydrogen) atoms. The fourth-order valence-electron chi connectivity index (χ4n) is 3.41. The molecule has 0 aliphatic rings. The second kappa shape index (κ2) is 11.7. The quantitative estimate of drug-likeness (QED) is 0.287. The third kappa shape index (κ3) is 7.67. The van der Waals surface area contributed by atoms with E-state index in [-0.39, 0.29) is 11.5 Å². The Hall–Kier alpha value is -2.87. The Labute approximate surface area is 190 Å². The van der Waals surface area contributed by atoms with Gasteiger partial charge in [0.2, 0.25) is 0 Å². The number of phenols is 1. The predicted molar refractivity (Wildman–Crippen MR) is 127 cm³/mol. The van der Waals surface area contributed by atoms with Crippen LogP contribution in [0.4, 0.5) is 0 Å². The van der Waals surface area contributed by atoms with E-state index in [9.17, 15) is 13.5 Å². The first-order valence-corrected chi connectivity index (χ1v) is 12.5. The van der Waals surface area contributed by atoms with E-state index in [1.54, 1.807) is 12.1 Å². The first-order valence-electron chi connectivity index (χ1n) is 10.6. The number of phenolic OH excluding ortho intramolecular Hbond substituents is 1. The standard InChI is InChI=1S/C25H30N2O4S/c1-32(29,30)31-24-13-12-22(18-26-16-14-20-8-4-2-5-9-20)25(28)23(24)19-27-17-15-21-10-6-3-7-11-21/h2-13,26-28H,14-19H2,1H3. The molecule has 0 saturated carbocycles. The number of rotatable bonds is 12.